The average Bonchev–Trinajstić information content (AvgIpc) is 3.17. The molecule has 1 heterocycles. The lowest BCUT2D eigenvalue weighted by Gasteiger charge is -2.16. The summed E-state index contributed by atoms with van der Waals surface area (Å²) in [4.78, 5) is 20.5. The lowest BCUT2D eigenvalue weighted by atomic mass is 10.1. The monoisotopic (exact) mass is 474 g/mol. The summed E-state index contributed by atoms with van der Waals surface area (Å²) >= 11 is 1.38. The number of carbonyl (C=O) groups excluding carboxylic acids is 1. The minimum absolute atomic E-state index is 0.0831. The predicted octanol–water partition coefficient (Wildman–Crippen LogP) is 5.39. The molecule has 0 atom stereocenters. The molecule has 0 N–H and O–H groups in total. The van der Waals surface area contributed by atoms with Crippen molar-refractivity contribution in [3.63, 3.8) is 0 Å². The lowest BCUT2D eigenvalue weighted by Crippen LogP contribution is -2.28. The topological polar surface area (TPSA) is 60.4 Å². The lowest BCUT2D eigenvalue weighted by molar-refractivity contribution is -0.122. The normalized spacial score (nSPS) is 15.7. The first kappa shape index (κ1) is 23.4. The Kier molecular flexibility index (Phi) is 7.54. The average molecular weight is 475 g/mol. The zero-order valence-electron chi connectivity index (χ0n) is 19.4. The summed E-state index contributed by atoms with van der Waals surface area (Å²) in [7, 11) is 4.90. The van der Waals surface area contributed by atoms with Crippen molar-refractivity contribution in [2.75, 3.05) is 21.3 Å². The Balaban J connectivity index is 1.63. The molecule has 0 bridgehead atoms. The van der Waals surface area contributed by atoms with Crippen LogP contribution in [0.2, 0.25) is 0 Å². The fourth-order valence-corrected chi connectivity index (χ4v) is 4.46. The van der Waals surface area contributed by atoms with Gasteiger partial charge >= 0.3 is 0 Å². The van der Waals surface area contributed by atoms with Crippen molar-refractivity contribution in [2.24, 2.45) is 4.99 Å². The highest BCUT2D eigenvalue weighted by molar-refractivity contribution is 8.18. The third-order valence-corrected chi connectivity index (χ3v) is 6.41. The number of amides is 1. The van der Waals surface area contributed by atoms with Crippen LogP contribution in [0.15, 0.2) is 82.7 Å². The molecule has 0 radical (unpaired) electrons. The van der Waals surface area contributed by atoms with Crippen molar-refractivity contribution >= 4 is 28.9 Å². The highest BCUT2D eigenvalue weighted by atomic mass is 32.2. The maximum atomic E-state index is 13.4. The smallest absolute Gasteiger partial charge is 0.267 e. The molecule has 0 saturated carbocycles. The van der Waals surface area contributed by atoms with E-state index in [2.05, 4.69) is 0 Å². The Morgan fingerprint density at radius 3 is 2.06 bits per heavy atom. The molecule has 4 rings (SSSR count). The SMILES string of the molecule is COc1ccc(CN=C2S/C(=C\c3ccccc3OC)C(=O)N2Cc2ccc(OC)cc2)cc1. The molecule has 1 fully saturated rings. The summed E-state index contributed by atoms with van der Waals surface area (Å²) < 4.78 is 15.9. The van der Waals surface area contributed by atoms with Crippen LogP contribution in [0, 0.1) is 0 Å². The van der Waals surface area contributed by atoms with Crippen molar-refractivity contribution in [2.45, 2.75) is 13.1 Å². The van der Waals surface area contributed by atoms with E-state index in [1.165, 1.54) is 11.8 Å². The minimum atomic E-state index is -0.0831. The summed E-state index contributed by atoms with van der Waals surface area (Å²) in [5.74, 6) is 2.20. The van der Waals surface area contributed by atoms with Gasteiger partial charge in [-0.25, -0.2) is 0 Å². The molecule has 3 aromatic rings. The Hall–Kier alpha value is -3.71. The molecule has 0 spiro atoms. The van der Waals surface area contributed by atoms with Crippen molar-refractivity contribution in [1.82, 2.24) is 4.90 Å². The Bertz CT molecular complexity index is 1200. The number of hydrogen-bond acceptors (Lipinski definition) is 6. The van der Waals surface area contributed by atoms with Gasteiger partial charge in [0.15, 0.2) is 5.17 Å². The van der Waals surface area contributed by atoms with Gasteiger partial charge in [0.2, 0.25) is 0 Å². The largest absolute Gasteiger partial charge is 0.497 e. The Labute approximate surface area is 203 Å². The number of amidine groups is 1. The van der Waals surface area contributed by atoms with Crippen LogP contribution in [0.4, 0.5) is 0 Å². The van der Waals surface area contributed by atoms with Gasteiger partial charge in [-0.2, -0.15) is 0 Å². The zero-order valence-corrected chi connectivity index (χ0v) is 20.2. The maximum absolute atomic E-state index is 13.4. The van der Waals surface area contributed by atoms with E-state index in [9.17, 15) is 4.79 Å². The predicted molar refractivity (Wildman–Crippen MR) is 136 cm³/mol. The number of rotatable bonds is 8. The first-order valence-electron chi connectivity index (χ1n) is 10.8. The van der Waals surface area contributed by atoms with E-state index in [-0.39, 0.29) is 5.91 Å². The van der Waals surface area contributed by atoms with Crippen LogP contribution in [0.1, 0.15) is 16.7 Å². The fourth-order valence-electron chi connectivity index (χ4n) is 3.50. The van der Waals surface area contributed by atoms with Gasteiger partial charge in [-0.05, 0) is 59.3 Å². The van der Waals surface area contributed by atoms with Gasteiger partial charge in [-0.1, -0.05) is 42.5 Å². The molecule has 34 heavy (non-hydrogen) atoms. The van der Waals surface area contributed by atoms with Crippen LogP contribution in [-0.4, -0.2) is 37.3 Å². The number of nitrogens with zero attached hydrogens (tertiary/aromatic N) is 2. The van der Waals surface area contributed by atoms with E-state index >= 15 is 0 Å². The Morgan fingerprint density at radius 2 is 1.44 bits per heavy atom. The highest BCUT2D eigenvalue weighted by Gasteiger charge is 2.33. The molecule has 1 aliphatic heterocycles. The quantitative estimate of drug-likeness (QED) is 0.410. The summed E-state index contributed by atoms with van der Waals surface area (Å²) in [5, 5.41) is 0.665. The fraction of sp³-hybridized carbons (Fsp3) is 0.185. The number of methoxy groups -OCH3 is 3. The van der Waals surface area contributed by atoms with Crippen LogP contribution >= 0.6 is 11.8 Å². The molecular weight excluding hydrogens is 448 g/mol. The molecular formula is C27H26N2O4S. The molecule has 0 unspecified atom stereocenters. The van der Waals surface area contributed by atoms with Crippen molar-refractivity contribution in [1.29, 1.82) is 0 Å². The van der Waals surface area contributed by atoms with E-state index in [0.717, 1.165) is 28.2 Å². The molecule has 3 aromatic carbocycles. The third kappa shape index (κ3) is 5.43. The van der Waals surface area contributed by atoms with Crippen LogP contribution < -0.4 is 14.2 Å². The van der Waals surface area contributed by atoms with Crippen molar-refractivity contribution in [3.05, 3.63) is 94.4 Å². The summed E-state index contributed by atoms with van der Waals surface area (Å²) in [5.41, 5.74) is 2.87. The van der Waals surface area contributed by atoms with Crippen LogP contribution in [0.25, 0.3) is 6.08 Å². The van der Waals surface area contributed by atoms with Gasteiger partial charge in [0.25, 0.3) is 5.91 Å². The van der Waals surface area contributed by atoms with Gasteiger partial charge in [0.05, 0.1) is 39.3 Å². The van der Waals surface area contributed by atoms with Crippen LogP contribution in [0.3, 0.4) is 0 Å². The number of hydrogen-bond donors (Lipinski definition) is 0. The third-order valence-electron chi connectivity index (χ3n) is 5.37. The molecule has 1 saturated heterocycles. The molecule has 1 aliphatic rings. The van der Waals surface area contributed by atoms with E-state index in [1.807, 2.05) is 78.9 Å². The van der Waals surface area contributed by atoms with E-state index < -0.39 is 0 Å². The molecule has 174 valence electrons. The summed E-state index contributed by atoms with van der Waals surface area (Å²) in [6.07, 6.45) is 1.86. The van der Waals surface area contributed by atoms with Crippen molar-refractivity contribution < 1.29 is 19.0 Å². The molecule has 0 aromatic heterocycles. The minimum Gasteiger partial charge on any atom is -0.497 e. The molecule has 1 amide bonds. The van der Waals surface area contributed by atoms with E-state index in [1.54, 1.807) is 26.2 Å². The maximum Gasteiger partial charge on any atom is 0.267 e. The zero-order chi connectivity index (χ0) is 23.9. The number of benzene rings is 3. The van der Waals surface area contributed by atoms with Crippen LogP contribution in [-0.2, 0) is 17.9 Å². The first-order chi connectivity index (χ1) is 16.6. The van der Waals surface area contributed by atoms with Gasteiger partial charge < -0.3 is 14.2 Å². The summed E-state index contributed by atoms with van der Waals surface area (Å²) in [6, 6.07) is 23.1. The number of aliphatic imine (C=N–C) groups is 1. The van der Waals surface area contributed by atoms with Gasteiger partial charge in [0.1, 0.15) is 17.2 Å². The number of carbonyl (C=O) groups is 1. The van der Waals surface area contributed by atoms with E-state index in [4.69, 9.17) is 19.2 Å². The molecule has 7 heteroatoms. The van der Waals surface area contributed by atoms with Gasteiger partial charge in [0, 0.05) is 5.56 Å². The highest BCUT2D eigenvalue weighted by Crippen LogP contribution is 2.35. The molecule has 6 nitrogen and oxygen atoms in total. The first-order valence-corrected chi connectivity index (χ1v) is 11.6. The number of ether oxygens (including phenoxy) is 3. The van der Waals surface area contributed by atoms with Crippen LogP contribution in [0.5, 0.6) is 17.2 Å². The van der Waals surface area contributed by atoms with E-state index in [0.29, 0.717) is 28.9 Å². The van der Waals surface area contributed by atoms with Gasteiger partial charge in [-0.3, -0.25) is 14.7 Å². The second-order valence-electron chi connectivity index (χ2n) is 7.54. The standard InChI is InChI=1S/C27H26N2O4S/c1-31-22-12-8-19(9-13-22)17-28-27-29(18-20-10-14-23(32-2)15-11-20)26(30)25(34-27)16-21-6-4-5-7-24(21)33-3/h4-16H,17-18H2,1-3H3/b25-16-,28-27?. The Morgan fingerprint density at radius 1 is 0.824 bits per heavy atom. The second-order valence-corrected chi connectivity index (χ2v) is 8.55. The second kappa shape index (κ2) is 10.9. The number of thioether (sulfide) groups is 1. The van der Waals surface area contributed by atoms with Gasteiger partial charge in [-0.15, -0.1) is 0 Å². The summed E-state index contributed by atoms with van der Waals surface area (Å²) in [6.45, 7) is 0.876. The molecule has 0 aliphatic carbocycles. The number of para-hydroxylation sites is 1. The van der Waals surface area contributed by atoms with Crippen molar-refractivity contribution in [3.8, 4) is 17.2 Å².